The fourth-order valence-electron chi connectivity index (χ4n) is 1.07. The summed E-state index contributed by atoms with van der Waals surface area (Å²) in [6, 6.07) is 3.98. The molecule has 0 aromatic carbocycles. The number of nitrogens with zero attached hydrogens (tertiary/aromatic N) is 2. The van der Waals surface area contributed by atoms with E-state index in [1.807, 2.05) is 28.9 Å². The third-order valence-corrected chi connectivity index (χ3v) is 2.68. The van der Waals surface area contributed by atoms with Crippen molar-refractivity contribution in [1.29, 1.82) is 0 Å². The van der Waals surface area contributed by atoms with Crippen molar-refractivity contribution in [2.45, 2.75) is 5.33 Å². The Morgan fingerprint density at radius 3 is 3.08 bits per heavy atom. The number of alkyl halides is 1. The van der Waals surface area contributed by atoms with E-state index in [-0.39, 0.29) is 0 Å². The van der Waals surface area contributed by atoms with E-state index in [1.165, 1.54) is 0 Å². The average molecular weight is 290 g/mol. The lowest BCUT2D eigenvalue weighted by molar-refractivity contribution is 1.18. The summed E-state index contributed by atoms with van der Waals surface area (Å²) in [5, 5.41) is 0.798. The van der Waals surface area contributed by atoms with E-state index >= 15 is 0 Å². The van der Waals surface area contributed by atoms with Gasteiger partial charge in [-0.05, 0) is 12.1 Å². The molecule has 2 nitrogen and oxygen atoms in total. The Morgan fingerprint density at radius 2 is 2.33 bits per heavy atom. The predicted molar refractivity (Wildman–Crippen MR) is 55.5 cm³/mol. The summed E-state index contributed by atoms with van der Waals surface area (Å²) in [6.45, 7) is 0. The zero-order chi connectivity index (χ0) is 8.55. The molecule has 0 saturated carbocycles. The standard InChI is InChI=1S/C8H6Br2N2/c9-4-7-5-12-2-1-6(10)3-8(12)11-7/h1-3,5H,4H2. The Morgan fingerprint density at radius 1 is 1.50 bits per heavy atom. The smallest absolute Gasteiger partial charge is 0.138 e. The van der Waals surface area contributed by atoms with Crippen LogP contribution in [-0.2, 0) is 5.33 Å². The molecule has 2 aromatic heterocycles. The molecular weight excluding hydrogens is 284 g/mol. The van der Waals surface area contributed by atoms with Crippen molar-refractivity contribution in [2.75, 3.05) is 0 Å². The van der Waals surface area contributed by atoms with Crippen LogP contribution in [0.15, 0.2) is 29.0 Å². The highest BCUT2D eigenvalue weighted by Crippen LogP contribution is 2.14. The molecule has 0 spiro atoms. The van der Waals surface area contributed by atoms with Crippen LogP contribution in [0.3, 0.4) is 0 Å². The molecule has 2 aromatic rings. The first-order chi connectivity index (χ1) is 5.79. The van der Waals surface area contributed by atoms with Crippen molar-refractivity contribution < 1.29 is 0 Å². The third-order valence-electron chi connectivity index (χ3n) is 1.61. The largest absolute Gasteiger partial charge is 0.307 e. The molecule has 0 atom stereocenters. The number of hydrogen-bond acceptors (Lipinski definition) is 1. The molecule has 12 heavy (non-hydrogen) atoms. The Balaban J connectivity index is 2.67. The first-order valence-electron chi connectivity index (χ1n) is 3.49. The van der Waals surface area contributed by atoms with Crippen LogP contribution in [0.5, 0.6) is 0 Å². The Bertz CT molecular complexity index is 408. The van der Waals surface area contributed by atoms with Gasteiger partial charge >= 0.3 is 0 Å². The van der Waals surface area contributed by atoms with E-state index in [0.29, 0.717) is 0 Å². The van der Waals surface area contributed by atoms with Crippen LogP contribution in [0.4, 0.5) is 0 Å². The maximum Gasteiger partial charge on any atom is 0.138 e. The first-order valence-corrected chi connectivity index (χ1v) is 5.40. The second-order valence-electron chi connectivity index (χ2n) is 2.48. The molecule has 0 fully saturated rings. The number of aromatic nitrogens is 2. The molecule has 0 aliphatic carbocycles. The van der Waals surface area contributed by atoms with E-state index < -0.39 is 0 Å². The van der Waals surface area contributed by atoms with E-state index in [0.717, 1.165) is 21.1 Å². The highest BCUT2D eigenvalue weighted by Gasteiger charge is 1.99. The van der Waals surface area contributed by atoms with Gasteiger partial charge in [0.25, 0.3) is 0 Å². The van der Waals surface area contributed by atoms with Gasteiger partial charge in [-0.2, -0.15) is 0 Å². The van der Waals surface area contributed by atoms with Gasteiger partial charge in [0.2, 0.25) is 0 Å². The molecular formula is C8H6Br2N2. The molecule has 0 aliphatic heterocycles. The van der Waals surface area contributed by atoms with Gasteiger partial charge in [0.15, 0.2) is 0 Å². The minimum atomic E-state index is 0.798. The maximum absolute atomic E-state index is 4.38. The Hall–Kier alpha value is -0.350. The second-order valence-corrected chi connectivity index (χ2v) is 3.95. The summed E-state index contributed by atoms with van der Waals surface area (Å²) in [7, 11) is 0. The van der Waals surface area contributed by atoms with E-state index in [2.05, 4.69) is 36.8 Å². The van der Waals surface area contributed by atoms with Crippen molar-refractivity contribution >= 4 is 37.5 Å². The monoisotopic (exact) mass is 288 g/mol. The molecule has 2 heterocycles. The highest BCUT2D eigenvalue weighted by molar-refractivity contribution is 9.10. The summed E-state index contributed by atoms with van der Waals surface area (Å²) in [5.74, 6) is 0. The van der Waals surface area contributed by atoms with E-state index in [4.69, 9.17) is 0 Å². The fraction of sp³-hybridized carbons (Fsp3) is 0.125. The van der Waals surface area contributed by atoms with Gasteiger partial charge in [0, 0.05) is 22.2 Å². The molecule has 0 amide bonds. The SMILES string of the molecule is BrCc1cn2ccc(Br)cc2n1. The molecule has 62 valence electrons. The zero-order valence-corrected chi connectivity index (χ0v) is 9.34. The minimum absolute atomic E-state index is 0.798. The Kier molecular flexibility index (Phi) is 2.19. The van der Waals surface area contributed by atoms with Gasteiger partial charge in [0.1, 0.15) is 5.65 Å². The maximum atomic E-state index is 4.38. The van der Waals surface area contributed by atoms with Gasteiger partial charge in [-0.1, -0.05) is 31.9 Å². The van der Waals surface area contributed by atoms with Crippen LogP contribution >= 0.6 is 31.9 Å². The summed E-state index contributed by atoms with van der Waals surface area (Å²) >= 11 is 6.77. The number of pyridine rings is 1. The van der Waals surface area contributed by atoms with Crippen LogP contribution in [0.1, 0.15) is 5.69 Å². The lowest BCUT2D eigenvalue weighted by Crippen LogP contribution is -1.79. The van der Waals surface area contributed by atoms with Crippen molar-refractivity contribution in [1.82, 2.24) is 9.38 Å². The lowest BCUT2D eigenvalue weighted by atomic mass is 10.5. The van der Waals surface area contributed by atoms with Gasteiger partial charge in [-0.15, -0.1) is 0 Å². The quantitative estimate of drug-likeness (QED) is 0.738. The van der Waals surface area contributed by atoms with Crippen molar-refractivity contribution in [3.05, 3.63) is 34.7 Å². The lowest BCUT2D eigenvalue weighted by Gasteiger charge is -1.91. The Labute approximate surface area is 86.9 Å². The van der Waals surface area contributed by atoms with Crippen LogP contribution in [-0.4, -0.2) is 9.38 Å². The fourth-order valence-corrected chi connectivity index (χ4v) is 1.67. The van der Waals surface area contributed by atoms with Crippen molar-refractivity contribution in [2.24, 2.45) is 0 Å². The van der Waals surface area contributed by atoms with Crippen LogP contribution in [0, 0.1) is 0 Å². The molecule has 0 N–H and O–H groups in total. The van der Waals surface area contributed by atoms with Gasteiger partial charge in [0.05, 0.1) is 5.69 Å². The summed E-state index contributed by atoms with van der Waals surface area (Å²) in [6.07, 6.45) is 4.00. The van der Waals surface area contributed by atoms with E-state index in [1.54, 1.807) is 0 Å². The number of hydrogen-bond donors (Lipinski definition) is 0. The molecule has 0 aliphatic rings. The minimum Gasteiger partial charge on any atom is -0.307 e. The van der Waals surface area contributed by atoms with Crippen molar-refractivity contribution in [3.63, 3.8) is 0 Å². The van der Waals surface area contributed by atoms with Crippen LogP contribution in [0.25, 0.3) is 5.65 Å². The first kappa shape index (κ1) is 8.26. The van der Waals surface area contributed by atoms with Crippen LogP contribution in [0.2, 0.25) is 0 Å². The average Bonchev–Trinajstić information content (AvgIpc) is 2.46. The molecule has 0 radical (unpaired) electrons. The number of imidazole rings is 1. The summed E-state index contributed by atoms with van der Waals surface area (Å²) in [5.41, 5.74) is 2.02. The van der Waals surface area contributed by atoms with Gasteiger partial charge < -0.3 is 4.40 Å². The number of rotatable bonds is 1. The summed E-state index contributed by atoms with van der Waals surface area (Å²) < 4.78 is 3.06. The van der Waals surface area contributed by atoms with Gasteiger partial charge in [-0.3, -0.25) is 0 Å². The third kappa shape index (κ3) is 1.41. The normalized spacial score (nSPS) is 10.8. The van der Waals surface area contributed by atoms with Crippen molar-refractivity contribution in [3.8, 4) is 0 Å². The predicted octanol–water partition coefficient (Wildman–Crippen LogP) is 2.99. The van der Waals surface area contributed by atoms with Gasteiger partial charge in [-0.25, -0.2) is 4.98 Å². The number of fused-ring (bicyclic) bond motifs is 1. The molecule has 2 rings (SSSR count). The topological polar surface area (TPSA) is 17.3 Å². The molecule has 0 bridgehead atoms. The molecule has 4 heteroatoms. The highest BCUT2D eigenvalue weighted by atomic mass is 79.9. The number of halogens is 2. The van der Waals surface area contributed by atoms with E-state index in [9.17, 15) is 0 Å². The summed E-state index contributed by atoms with van der Waals surface area (Å²) in [4.78, 5) is 4.38. The second kappa shape index (κ2) is 3.18. The molecule has 0 saturated heterocycles. The van der Waals surface area contributed by atoms with Crippen LogP contribution < -0.4 is 0 Å². The molecule has 0 unspecified atom stereocenters. The zero-order valence-electron chi connectivity index (χ0n) is 6.17.